The lowest BCUT2D eigenvalue weighted by molar-refractivity contribution is -0.121. The van der Waals surface area contributed by atoms with Crippen LogP contribution in [-0.4, -0.2) is 38.6 Å². The van der Waals surface area contributed by atoms with Crippen LogP contribution in [0.3, 0.4) is 0 Å². The SMILES string of the molecule is COc1cccc(-c2nnc(S[C@H](C)C(=O)NC3(C#N)CCCCC3)n2Cc2ccco2)c1. The van der Waals surface area contributed by atoms with Gasteiger partial charge in [0.2, 0.25) is 5.91 Å². The van der Waals surface area contributed by atoms with Gasteiger partial charge in [-0.3, -0.25) is 9.36 Å². The number of carbonyl (C=O) groups is 1. The molecule has 1 amide bonds. The zero-order valence-corrected chi connectivity index (χ0v) is 19.6. The number of nitriles is 1. The fourth-order valence-corrected chi connectivity index (χ4v) is 4.87. The van der Waals surface area contributed by atoms with Gasteiger partial charge in [-0.2, -0.15) is 5.26 Å². The number of aromatic nitrogens is 3. The summed E-state index contributed by atoms with van der Waals surface area (Å²) in [6.45, 7) is 2.25. The maximum atomic E-state index is 13.0. The Labute approximate surface area is 197 Å². The highest BCUT2D eigenvalue weighted by molar-refractivity contribution is 8.00. The number of furan rings is 1. The maximum absolute atomic E-state index is 13.0. The number of carbonyl (C=O) groups excluding carboxylic acids is 1. The number of methoxy groups -OCH3 is 1. The van der Waals surface area contributed by atoms with Crippen LogP contribution in [0.1, 0.15) is 44.8 Å². The molecule has 4 rings (SSSR count). The van der Waals surface area contributed by atoms with E-state index in [9.17, 15) is 10.1 Å². The molecule has 1 fully saturated rings. The number of nitrogens with one attached hydrogen (secondary N) is 1. The van der Waals surface area contributed by atoms with Crippen LogP contribution < -0.4 is 10.1 Å². The van der Waals surface area contributed by atoms with Gasteiger partial charge in [0.15, 0.2) is 11.0 Å². The Morgan fingerprint density at radius 1 is 1.30 bits per heavy atom. The standard InChI is InChI=1S/C24H27N5O3S/c1-17(22(30)26-24(16-25)11-4-3-5-12-24)33-23-28-27-21(18-8-6-9-19(14-18)31-2)29(23)15-20-10-7-13-32-20/h6-10,13-14,17H,3-5,11-12,15H2,1-2H3,(H,26,30)/t17-/m1/s1. The number of benzene rings is 1. The molecule has 172 valence electrons. The predicted octanol–water partition coefficient (Wildman–Crippen LogP) is 4.42. The Morgan fingerprint density at radius 2 is 2.12 bits per heavy atom. The first-order valence-electron chi connectivity index (χ1n) is 11.0. The molecule has 0 saturated heterocycles. The molecule has 3 aromatic rings. The fraction of sp³-hybridized carbons (Fsp3) is 0.417. The molecule has 1 aromatic carbocycles. The van der Waals surface area contributed by atoms with Crippen molar-refractivity contribution in [3.8, 4) is 23.2 Å². The minimum atomic E-state index is -0.766. The number of rotatable bonds is 8. The van der Waals surface area contributed by atoms with Crippen LogP contribution in [0.15, 0.2) is 52.2 Å². The van der Waals surface area contributed by atoms with E-state index < -0.39 is 10.8 Å². The zero-order valence-electron chi connectivity index (χ0n) is 18.8. The molecule has 0 unspecified atom stereocenters. The van der Waals surface area contributed by atoms with Crippen LogP contribution in [0, 0.1) is 11.3 Å². The first-order chi connectivity index (χ1) is 16.0. The van der Waals surface area contributed by atoms with Gasteiger partial charge in [-0.25, -0.2) is 0 Å². The second-order valence-electron chi connectivity index (χ2n) is 8.21. The minimum Gasteiger partial charge on any atom is -0.497 e. The van der Waals surface area contributed by atoms with Gasteiger partial charge < -0.3 is 14.5 Å². The second-order valence-corrected chi connectivity index (χ2v) is 9.52. The molecule has 33 heavy (non-hydrogen) atoms. The van der Waals surface area contributed by atoms with Gasteiger partial charge in [0.25, 0.3) is 0 Å². The number of ether oxygens (including phenoxy) is 1. The van der Waals surface area contributed by atoms with E-state index in [2.05, 4.69) is 21.6 Å². The molecule has 2 aromatic heterocycles. The highest BCUT2D eigenvalue weighted by atomic mass is 32.2. The van der Waals surface area contributed by atoms with E-state index in [1.807, 2.05) is 47.9 Å². The van der Waals surface area contributed by atoms with Crippen LogP contribution in [-0.2, 0) is 11.3 Å². The quantitative estimate of drug-likeness (QED) is 0.491. The van der Waals surface area contributed by atoms with Crippen molar-refractivity contribution < 1.29 is 13.9 Å². The van der Waals surface area contributed by atoms with Crippen molar-refractivity contribution in [3.05, 3.63) is 48.4 Å². The van der Waals surface area contributed by atoms with Gasteiger partial charge in [0.05, 0.1) is 31.2 Å². The van der Waals surface area contributed by atoms with Crippen molar-refractivity contribution in [2.45, 2.75) is 61.5 Å². The van der Waals surface area contributed by atoms with Crippen molar-refractivity contribution >= 4 is 17.7 Å². The topological polar surface area (TPSA) is 106 Å². The summed E-state index contributed by atoms with van der Waals surface area (Å²) in [7, 11) is 1.62. The van der Waals surface area contributed by atoms with E-state index in [1.54, 1.807) is 13.4 Å². The molecule has 0 radical (unpaired) electrons. The van der Waals surface area contributed by atoms with Gasteiger partial charge in [0, 0.05) is 5.56 Å². The normalized spacial score (nSPS) is 16.0. The van der Waals surface area contributed by atoms with E-state index in [-0.39, 0.29) is 5.91 Å². The molecular weight excluding hydrogens is 438 g/mol. The number of hydrogen-bond acceptors (Lipinski definition) is 7. The molecular formula is C24H27N5O3S. The van der Waals surface area contributed by atoms with E-state index in [4.69, 9.17) is 9.15 Å². The smallest absolute Gasteiger partial charge is 0.234 e. The molecule has 1 aliphatic carbocycles. The minimum absolute atomic E-state index is 0.168. The fourth-order valence-electron chi connectivity index (χ4n) is 4.02. The lowest BCUT2D eigenvalue weighted by atomic mass is 9.83. The average Bonchev–Trinajstić information content (AvgIpc) is 3.50. The highest BCUT2D eigenvalue weighted by Gasteiger charge is 2.35. The summed E-state index contributed by atoms with van der Waals surface area (Å²) >= 11 is 1.32. The van der Waals surface area contributed by atoms with Crippen molar-refractivity contribution in [1.29, 1.82) is 5.26 Å². The number of nitrogens with zero attached hydrogens (tertiary/aromatic N) is 4. The highest BCUT2D eigenvalue weighted by Crippen LogP contribution is 2.31. The van der Waals surface area contributed by atoms with Gasteiger partial charge in [-0.15, -0.1) is 10.2 Å². The van der Waals surface area contributed by atoms with E-state index >= 15 is 0 Å². The Hall–Kier alpha value is -3.25. The van der Waals surface area contributed by atoms with Crippen molar-refractivity contribution in [3.63, 3.8) is 0 Å². The van der Waals surface area contributed by atoms with Crippen molar-refractivity contribution in [2.75, 3.05) is 7.11 Å². The first kappa shape index (κ1) is 22.9. The Kier molecular flexibility index (Phi) is 7.04. The third-order valence-corrected chi connectivity index (χ3v) is 6.95. The van der Waals surface area contributed by atoms with Gasteiger partial charge in [-0.1, -0.05) is 43.2 Å². The van der Waals surface area contributed by atoms with Crippen LogP contribution in [0.5, 0.6) is 5.75 Å². The lowest BCUT2D eigenvalue weighted by Crippen LogP contribution is -2.51. The van der Waals surface area contributed by atoms with Crippen molar-refractivity contribution in [2.24, 2.45) is 0 Å². The molecule has 1 aliphatic rings. The molecule has 0 aliphatic heterocycles. The number of hydrogen-bond donors (Lipinski definition) is 1. The van der Waals surface area contributed by atoms with Crippen LogP contribution in [0.25, 0.3) is 11.4 Å². The summed E-state index contributed by atoms with van der Waals surface area (Å²) in [6.07, 6.45) is 6.03. The summed E-state index contributed by atoms with van der Waals surface area (Å²) in [6, 6.07) is 13.7. The number of thioether (sulfide) groups is 1. The molecule has 1 N–H and O–H groups in total. The largest absolute Gasteiger partial charge is 0.497 e. The van der Waals surface area contributed by atoms with E-state index in [0.29, 0.717) is 30.4 Å². The summed E-state index contributed by atoms with van der Waals surface area (Å²) in [5, 5.41) is 21.7. The van der Waals surface area contributed by atoms with Gasteiger partial charge in [-0.05, 0) is 44.0 Å². The Balaban J connectivity index is 1.58. The summed E-state index contributed by atoms with van der Waals surface area (Å²) in [5.74, 6) is 1.96. The predicted molar refractivity (Wildman–Crippen MR) is 125 cm³/mol. The van der Waals surface area contributed by atoms with Crippen molar-refractivity contribution in [1.82, 2.24) is 20.1 Å². The van der Waals surface area contributed by atoms with E-state index in [0.717, 1.165) is 36.3 Å². The molecule has 9 heteroatoms. The summed E-state index contributed by atoms with van der Waals surface area (Å²) < 4.78 is 12.8. The lowest BCUT2D eigenvalue weighted by Gasteiger charge is -2.32. The molecule has 8 nitrogen and oxygen atoms in total. The van der Waals surface area contributed by atoms with E-state index in [1.165, 1.54) is 11.8 Å². The molecule has 1 atom stereocenters. The summed E-state index contributed by atoms with van der Waals surface area (Å²) in [5.41, 5.74) is 0.0839. The number of amides is 1. The zero-order chi connectivity index (χ0) is 23.3. The second kappa shape index (κ2) is 10.1. The van der Waals surface area contributed by atoms with Gasteiger partial charge >= 0.3 is 0 Å². The first-order valence-corrected chi connectivity index (χ1v) is 11.9. The summed E-state index contributed by atoms with van der Waals surface area (Å²) in [4.78, 5) is 13.0. The van der Waals surface area contributed by atoms with Crippen LogP contribution in [0.2, 0.25) is 0 Å². The monoisotopic (exact) mass is 465 g/mol. The maximum Gasteiger partial charge on any atom is 0.234 e. The van der Waals surface area contributed by atoms with Gasteiger partial charge in [0.1, 0.15) is 17.0 Å². The molecule has 2 heterocycles. The molecule has 1 saturated carbocycles. The third-order valence-electron chi connectivity index (χ3n) is 5.87. The Bertz CT molecular complexity index is 1130. The third kappa shape index (κ3) is 5.22. The molecule has 0 bridgehead atoms. The van der Waals surface area contributed by atoms with Crippen LogP contribution >= 0.6 is 11.8 Å². The van der Waals surface area contributed by atoms with Crippen LogP contribution in [0.4, 0.5) is 0 Å². The molecule has 0 spiro atoms. The average molecular weight is 466 g/mol. The Morgan fingerprint density at radius 3 is 2.82 bits per heavy atom.